The molecule has 0 aromatic heterocycles. The Morgan fingerprint density at radius 1 is 0.938 bits per heavy atom. The molecule has 0 heterocycles. The lowest BCUT2D eigenvalue weighted by atomic mass is 10.5. The van der Waals surface area contributed by atoms with E-state index in [1.54, 1.807) is 6.92 Å². The van der Waals surface area contributed by atoms with E-state index < -0.39 is 5.91 Å². The smallest absolute Gasteiger partial charge is 0.285 e. The van der Waals surface area contributed by atoms with E-state index in [1.165, 1.54) is 6.92 Å². The molecule has 4 nitrogen and oxygen atoms in total. The number of amides is 2. The third-order valence-corrected chi connectivity index (χ3v) is 0.966. The van der Waals surface area contributed by atoms with Crippen LogP contribution in [0.1, 0.15) is 13.8 Å². The summed E-state index contributed by atoms with van der Waals surface area (Å²) in [4.78, 5) is 21.3. The van der Waals surface area contributed by atoms with Crippen LogP contribution in [0.25, 0.3) is 0 Å². The minimum atomic E-state index is -0.581. The molecule has 0 saturated carbocycles. The van der Waals surface area contributed by atoms with Crippen LogP contribution in [-0.2, 0) is 9.59 Å². The fraction of sp³-hybridized carbons (Fsp3) is 0.167. The van der Waals surface area contributed by atoms with Crippen LogP contribution < -0.4 is 10.6 Å². The molecule has 2 amide bonds. The molecule has 78 valence electrons. The molecule has 0 aliphatic heterocycles. The fourth-order valence-corrected chi connectivity index (χ4v) is 0.452. The summed E-state index contributed by atoms with van der Waals surface area (Å²) in [5, 5.41) is 4.38. The number of hydrogen-bond donors (Lipinski definition) is 2. The summed E-state index contributed by atoms with van der Waals surface area (Å²) in [6.45, 7) is 2.95. The highest BCUT2D eigenvalue weighted by Gasteiger charge is 1.86. The predicted octanol–water partition coefficient (Wildman–Crippen LogP) is -0.813. The zero-order chi connectivity index (χ0) is 12.2. The molecule has 0 radical (unpaired) electrons. The predicted molar refractivity (Wildman–Crippen MR) is 58.7 cm³/mol. The first-order valence-electron chi connectivity index (χ1n) is 4.16. The molecule has 0 rings (SSSR count). The summed E-state index contributed by atoms with van der Waals surface area (Å²) in [6.07, 6.45) is 0. The highest BCUT2D eigenvalue weighted by molar-refractivity contribution is 5.95. The average Bonchev–Trinajstić information content (AvgIpc) is 2.23. The SMILES string of the molecule is CC#CC#CNC(=O)C#CC#CNC(C)=O. The molecule has 0 unspecified atom stereocenters. The van der Waals surface area contributed by atoms with Crippen molar-refractivity contribution in [3.05, 3.63) is 0 Å². The van der Waals surface area contributed by atoms with Gasteiger partial charge >= 0.3 is 5.91 Å². The van der Waals surface area contributed by atoms with E-state index in [0.717, 1.165) is 0 Å². The van der Waals surface area contributed by atoms with Gasteiger partial charge in [0.2, 0.25) is 5.91 Å². The summed E-state index contributed by atoms with van der Waals surface area (Å²) in [5.41, 5.74) is 0. The molecule has 0 aliphatic rings. The molecular weight excluding hydrogens is 204 g/mol. The Hall–Kier alpha value is -2.82. The number of carbonyl (C=O) groups is 2. The van der Waals surface area contributed by atoms with Gasteiger partial charge < -0.3 is 0 Å². The lowest BCUT2D eigenvalue weighted by molar-refractivity contribution is -0.118. The van der Waals surface area contributed by atoms with Crippen molar-refractivity contribution >= 4 is 11.8 Å². The average molecular weight is 212 g/mol. The van der Waals surface area contributed by atoms with Crippen molar-refractivity contribution in [2.75, 3.05) is 0 Å². The van der Waals surface area contributed by atoms with Crippen LogP contribution in [-0.4, -0.2) is 11.8 Å². The molecular formula is C12H8N2O2. The van der Waals surface area contributed by atoms with Crippen molar-refractivity contribution < 1.29 is 9.59 Å². The third kappa shape index (κ3) is 9.27. The van der Waals surface area contributed by atoms with Crippen molar-refractivity contribution in [3.8, 4) is 47.6 Å². The summed E-state index contributed by atoms with van der Waals surface area (Å²) in [7, 11) is 0. The number of hydrogen-bond acceptors (Lipinski definition) is 2. The molecule has 0 saturated heterocycles. The summed E-state index contributed by atoms with van der Waals surface area (Å²) >= 11 is 0. The van der Waals surface area contributed by atoms with Crippen LogP contribution >= 0.6 is 0 Å². The first-order chi connectivity index (χ1) is 7.66. The van der Waals surface area contributed by atoms with Crippen molar-refractivity contribution in [3.63, 3.8) is 0 Å². The van der Waals surface area contributed by atoms with E-state index >= 15 is 0 Å². The first-order valence-corrected chi connectivity index (χ1v) is 4.16. The van der Waals surface area contributed by atoms with Crippen LogP contribution in [0, 0.1) is 47.6 Å². The van der Waals surface area contributed by atoms with Gasteiger partial charge in [-0.1, -0.05) is 5.92 Å². The van der Waals surface area contributed by atoms with Gasteiger partial charge in [0.05, 0.1) is 0 Å². The lowest BCUT2D eigenvalue weighted by Crippen LogP contribution is -2.14. The second kappa shape index (κ2) is 8.76. The number of nitrogens with one attached hydrogen (secondary N) is 2. The summed E-state index contributed by atoms with van der Waals surface area (Å²) < 4.78 is 0. The van der Waals surface area contributed by atoms with E-state index in [9.17, 15) is 9.59 Å². The fourth-order valence-electron chi connectivity index (χ4n) is 0.452. The standard InChI is InChI=1S/C12H8N2O2/c1-3-4-6-10-14-12(16)8-5-7-9-13-11(2)15/h1-2H3,(H,13,15)(H,14,16). The minimum absolute atomic E-state index is 0.289. The normalized spacial score (nSPS) is 5.88. The molecule has 16 heavy (non-hydrogen) atoms. The highest BCUT2D eigenvalue weighted by Crippen LogP contribution is 1.60. The zero-order valence-electron chi connectivity index (χ0n) is 8.82. The Bertz CT molecular complexity index is 516. The van der Waals surface area contributed by atoms with Gasteiger partial charge in [0.25, 0.3) is 0 Å². The van der Waals surface area contributed by atoms with Crippen LogP contribution in [0.2, 0.25) is 0 Å². The maximum absolute atomic E-state index is 10.9. The van der Waals surface area contributed by atoms with Crippen molar-refractivity contribution in [1.82, 2.24) is 10.6 Å². The van der Waals surface area contributed by atoms with Crippen LogP contribution in [0.5, 0.6) is 0 Å². The Morgan fingerprint density at radius 2 is 1.56 bits per heavy atom. The van der Waals surface area contributed by atoms with Gasteiger partial charge in [0.15, 0.2) is 0 Å². The quantitative estimate of drug-likeness (QED) is 0.407. The van der Waals surface area contributed by atoms with Gasteiger partial charge in [-0.2, -0.15) is 0 Å². The van der Waals surface area contributed by atoms with Crippen LogP contribution in [0.4, 0.5) is 0 Å². The molecule has 0 fully saturated rings. The summed E-state index contributed by atoms with van der Waals surface area (Å²) in [6, 6.07) is 4.56. The molecule has 0 spiro atoms. The Morgan fingerprint density at radius 3 is 2.19 bits per heavy atom. The maximum atomic E-state index is 10.9. The van der Waals surface area contributed by atoms with Gasteiger partial charge in [-0.3, -0.25) is 20.2 Å². The Kier molecular flexibility index (Phi) is 7.22. The van der Waals surface area contributed by atoms with Gasteiger partial charge in [0.1, 0.15) is 0 Å². The molecule has 0 atom stereocenters. The molecule has 4 heteroatoms. The van der Waals surface area contributed by atoms with Gasteiger partial charge in [0, 0.05) is 36.8 Å². The number of carbonyl (C=O) groups excluding carboxylic acids is 2. The lowest BCUT2D eigenvalue weighted by Gasteiger charge is -1.82. The topological polar surface area (TPSA) is 58.2 Å². The van der Waals surface area contributed by atoms with Gasteiger partial charge in [-0.05, 0) is 18.8 Å². The Balaban J connectivity index is 4.09. The van der Waals surface area contributed by atoms with E-state index in [1.807, 2.05) is 0 Å². The van der Waals surface area contributed by atoms with E-state index in [0.29, 0.717) is 0 Å². The largest absolute Gasteiger partial charge is 0.308 e. The minimum Gasteiger partial charge on any atom is -0.285 e. The third-order valence-electron chi connectivity index (χ3n) is 0.966. The van der Waals surface area contributed by atoms with Crippen LogP contribution in [0.3, 0.4) is 0 Å². The van der Waals surface area contributed by atoms with Crippen molar-refractivity contribution in [1.29, 1.82) is 0 Å². The molecule has 0 aromatic rings. The van der Waals surface area contributed by atoms with E-state index in [2.05, 4.69) is 58.2 Å². The Labute approximate surface area is 94.2 Å². The monoisotopic (exact) mass is 212 g/mol. The van der Waals surface area contributed by atoms with Crippen LogP contribution in [0.15, 0.2) is 0 Å². The molecule has 0 aromatic carbocycles. The van der Waals surface area contributed by atoms with E-state index in [-0.39, 0.29) is 5.91 Å². The van der Waals surface area contributed by atoms with Crippen molar-refractivity contribution in [2.24, 2.45) is 0 Å². The van der Waals surface area contributed by atoms with E-state index in [4.69, 9.17) is 0 Å². The van der Waals surface area contributed by atoms with Gasteiger partial charge in [-0.15, -0.1) is 0 Å². The second-order valence-electron chi connectivity index (χ2n) is 2.26. The van der Waals surface area contributed by atoms with Gasteiger partial charge in [-0.25, -0.2) is 0 Å². The zero-order valence-corrected chi connectivity index (χ0v) is 8.82. The summed E-state index contributed by atoms with van der Waals surface area (Å²) in [5.74, 6) is 13.2. The maximum Gasteiger partial charge on any atom is 0.308 e. The molecule has 0 aliphatic carbocycles. The molecule has 0 bridgehead atoms. The molecule has 2 N–H and O–H groups in total. The highest BCUT2D eigenvalue weighted by atomic mass is 16.1. The van der Waals surface area contributed by atoms with Crippen molar-refractivity contribution in [2.45, 2.75) is 13.8 Å². The number of rotatable bonds is 0. The first kappa shape index (κ1) is 13.2. The second-order valence-corrected chi connectivity index (χ2v) is 2.26.